The molecule has 2 amide bonds. The maximum absolute atomic E-state index is 12.3. The van der Waals surface area contributed by atoms with Gasteiger partial charge in [0.25, 0.3) is 5.91 Å². The molecule has 3 rings (SSSR count). The summed E-state index contributed by atoms with van der Waals surface area (Å²) in [6.07, 6.45) is 3.93. The molecule has 1 aromatic carbocycles. The van der Waals surface area contributed by atoms with Crippen molar-refractivity contribution in [2.45, 2.75) is 37.8 Å². The van der Waals surface area contributed by atoms with E-state index < -0.39 is 18.6 Å². The Morgan fingerprint density at radius 1 is 1.21 bits per heavy atom. The minimum atomic E-state index is -1.06. The Labute approximate surface area is 139 Å². The Kier molecular flexibility index (Phi) is 4.69. The van der Waals surface area contributed by atoms with Crippen molar-refractivity contribution >= 4 is 17.8 Å². The van der Waals surface area contributed by atoms with E-state index in [0.29, 0.717) is 30.3 Å². The highest BCUT2D eigenvalue weighted by molar-refractivity contribution is 5.98. The van der Waals surface area contributed by atoms with E-state index in [4.69, 9.17) is 9.84 Å². The number of benzene rings is 1. The Morgan fingerprint density at radius 2 is 1.92 bits per heavy atom. The summed E-state index contributed by atoms with van der Waals surface area (Å²) in [5.41, 5.74) is 0.410. The molecule has 0 bridgehead atoms. The van der Waals surface area contributed by atoms with Crippen LogP contribution in [0.4, 0.5) is 0 Å². The number of aliphatic carboxylic acids is 1. The summed E-state index contributed by atoms with van der Waals surface area (Å²) in [7, 11) is 0. The third-order valence-electron chi connectivity index (χ3n) is 4.54. The van der Waals surface area contributed by atoms with Crippen LogP contribution in [0.25, 0.3) is 0 Å². The molecule has 1 saturated heterocycles. The Hall–Kier alpha value is -2.57. The van der Waals surface area contributed by atoms with Gasteiger partial charge in [-0.3, -0.25) is 9.59 Å². The molecular formula is C17H20N2O5. The Bertz CT molecular complexity index is 639. The first-order chi connectivity index (χ1) is 11.5. The molecule has 2 fully saturated rings. The summed E-state index contributed by atoms with van der Waals surface area (Å²) in [6, 6.07) is 6.07. The molecule has 0 spiro atoms. The number of hydrogen-bond acceptors (Lipinski definition) is 4. The second-order valence-electron chi connectivity index (χ2n) is 6.14. The number of carbonyl (C=O) groups excluding carboxylic acids is 2. The molecule has 1 aromatic rings. The lowest BCUT2D eigenvalue weighted by Gasteiger charge is -2.34. The summed E-state index contributed by atoms with van der Waals surface area (Å²) in [4.78, 5) is 36.9. The van der Waals surface area contributed by atoms with Crippen LogP contribution >= 0.6 is 0 Å². The Morgan fingerprint density at radius 3 is 2.50 bits per heavy atom. The van der Waals surface area contributed by atoms with Crippen LogP contribution < -0.4 is 10.1 Å². The molecule has 2 aliphatic rings. The van der Waals surface area contributed by atoms with E-state index in [9.17, 15) is 14.4 Å². The van der Waals surface area contributed by atoms with Crippen LogP contribution in [0, 0.1) is 0 Å². The van der Waals surface area contributed by atoms with Gasteiger partial charge in [0.15, 0.2) is 6.61 Å². The fourth-order valence-corrected chi connectivity index (χ4v) is 2.99. The van der Waals surface area contributed by atoms with E-state index in [-0.39, 0.29) is 11.8 Å². The number of rotatable bonds is 6. The van der Waals surface area contributed by atoms with Crippen LogP contribution in [0.2, 0.25) is 0 Å². The van der Waals surface area contributed by atoms with Crippen LogP contribution in [0.3, 0.4) is 0 Å². The molecule has 7 heteroatoms. The lowest BCUT2D eigenvalue weighted by atomic mass is 9.92. The zero-order valence-electron chi connectivity index (χ0n) is 13.2. The molecule has 2 N–H and O–H groups in total. The van der Waals surface area contributed by atoms with Gasteiger partial charge in [-0.15, -0.1) is 0 Å². The maximum Gasteiger partial charge on any atom is 0.341 e. The molecule has 1 aliphatic heterocycles. The van der Waals surface area contributed by atoms with Gasteiger partial charge in [0.1, 0.15) is 11.8 Å². The number of carboxylic acid groups (broad SMARTS) is 1. The van der Waals surface area contributed by atoms with Crippen molar-refractivity contribution in [3.63, 3.8) is 0 Å². The minimum absolute atomic E-state index is 0.00876. The van der Waals surface area contributed by atoms with Gasteiger partial charge in [-0.25, -0.2) is 4.79 Å². The number of carboxylic acids is 1. The second kappa shape index (κ2) is 6.90. The summed E-state index contributed by atoms with van der Waals surface area (Å²) in [5.74, 6) is -0.988. The van der Waals surface area contributed by atoms with Crippen molar-refractivity contribution in [2.24, 2.45) is 0 Å². The highest BCUT2D eigenvalue weighted by atomic mass is 16.5. The molecule has 7 nitrogen and oxygen atoms in total. The van der Waals surface area contributed by atoms with Crippen molar-refractivity contribution in [3.8, 4) is 5.75 Å². The Balaban J connectivity index is 1.55. The molecule has 1 atom stereocenters. The van der Waals surface area contributed by atoms with Crippen LogP contribution in [-0.4, -0.2) is 53.0 Å². The molecular weight excluding hydrogens is 312 g/mol. The smallest absolute Gasteiger partial charge is 0.341 e. The largest absolute Gasteiger partial charge is 0.482 e. The second-order valence-corrected chi connectivity index (χ2v) is 6.14. The third-order valence-corrected chi connectivity index (χ3v) is 4.54. The van der Waals surface area contributed by atoms with Crippen molar-refractivity contribution in [2.75, 3.05) is 13.2 Å². The van der Waals surface area contributed by atoms with Gasteiger partial charge in [0.05, 0.1) is 0 Å². The van der Waals surface area contributed by atoms with Crippen molar-refractivity contribution < 1.29 is 24.2 Å². The standard InChI is InChI=1S/C17H20N2O5/c20-15(21)10-24-13-6-4-11(5-7-13)16(22)18-14-8-9-19(17(14)23)12-2-1-3-12/h4-7,12,14H,1-3,8-10H2,(H,18,22)(H,20,21). The van der Waals surface area contributed by atoms with Gasteiger partial charge in [-0.2, -0.15) is 0 Å². The first kappa shape index (κ1) is 16.3. The number of likely N-dealkylation sites (tertiary alicyclic amines) is 1. The highest BCUT2D eigenvalue weighted by Crippen LogP contribution is 2.28. The number of nitrogens with one attached hydrogen (secondary N) is 1. The molecule has 128 valence electrons. The number of carbonyl (C=O) groups is 3. The normalized spacial score (nSPS) is 20.6. The molecule has 1 heterocycles. The van der Waals surface area contributed by atoms with Crippen LogP contribution in [0.15, 0.2) is 24.3 Å². The zero-order chi connectivity index (χ0) is 17.1. The summed E-state index contributed by atoms with van der Waals surface area (Å²) >= 11 is 0. The van der Waals surface area contributed by atoms with E-state index in [1.165, 1.54) is 18.6 Å². The highest BCUT2D eigenvalue weighted by Gasteiger charge is 2.38. The van der Waals surface area contributed by atoms with Crippen molar-refractivity contribution in [1.82, 2.24) is 10.2 Å². The third kappa shape index (κ3) is 3.50. The lowest BCUT2D eigenvalue weighted by molar-refractivity contribution is -0.139. The molecule has 1 saturated carbocycles. The van der Waals surface area contributed by atoms with Crippen molar-refractivity contribution in [3.05, 3.63) is 29.8 Å². The van der Waals surface area contributed by atoms with Crippen LogP contribution in [-0.2, 0) is 9.59 Å². The van der Waals surface area contributed by atoms with Gasteiger partial charge in [0.2, 0.25) is 5.91 Å². The van der Waals surface area contributed by atoms with Crippen LogP contribution in [0.1, 0.15) is 36.0 Å². The average molecular weight is 332 g/mol. The number of amides is 2. The number of hydrogen-bond donors (Lipinski definition) is 2. The predicted octanol–water partition coefficient (Wildman–Crippen LogP) is 1.03. The quantitative estimate of drug-likeness (QED) is 0.811. The predicted molar refractivity (Wildman–Crippen MR) is 84.8 cm³/mol. The van der Waals surface area contributed by atoms with Gasteiger partial charge >= 0.3 is 5.97 Å². The summed E-state index contributed by atoms with van der Waals surface area (Å²) < 4.78 is 5.02. The SMILES string of the molecule is O=C(O)COc1ccc(C(=O)NC2CCN(C3CCC3)C2=O)cc1. The van der Waals surface area contributed by atoms with Crippen molar-refractivity contribution in [1.29, 1.82) is 0 Å². The first-order valence-electron chi connectivity index (χ1n) is 8.10. The lowest BCUT2D eigenvalue weighted by Crippen LogP contribution is -2.46. The van der Waals surface area contributed by atoms with Crippen LogP contribution in [0.5, 0.6) is 5.75 Å². The maximum atomic E-state index is 12.3. The van der Waals surface area contributed by atoms with E-state index in [0.717, 1.165) is 12.8 Å². The molecule has 0 radical (unpaired) electrons. The molecule has 0 aromatic heterocycles. The number of nitrogens with zero attached hydrogens (tertiary/aromatic N) is 1. The van der Waals surface area contributed by atoms with Gasteiger partial charge in [-0.05, 0) is 49.9 Å². The molecule has 1 unspecified atom stereocenters. The molecule has 24 heavy (non-hydrogen) atoms. The molecule has 1 aliphatic carbocycles. The average Bonchev–Trinajstić information content (AvgIpc) is 2.85. The summed E-state index contributed by atoms with van der Waals surface area (Å²) in [6.45, 7) is 0.273. The first-order valence-corrected chi connectivity index (χ1v) is 8.10. The topological polar surface area (TPSA) is 95.9 Å². The van der Waals surface area contributed by atoms with E-state index in [2.05, 4.69) is 5.32 Å². The fourth-order valence-electron chi connectivity index (χ4n) is 2.99. The van der Waals surface area contributed by atoms with Gasteiger partial charge < -0.3 is 20.1 Å². The van der Waals surface area contributed by atoms with Gasteiger partial charge in [-0.1, -0.05) is 0 Å². The fraction of sp³-hybridized carbons (Fsp3) is 0.471. The monoisotopic (exact) mass is 332 g/mol. The van der Waals surface area contributed by atoms with E-state index in [1.54, 1.807) is 12.1 Å². The van der Waals surface area contributed by atoms with E-state index in [1.807, 2.05) is 4.90 Å². The number of ether oxygens (including phenoxy) is 1. The summed E-state index contributed by atoms with van der Waals surface area (Å²) in [5, 5.41) is 11.3. The van der Waals surface area contributed by atoms with Gasteiger partial charge in [0, 0.05) is 18.2 Å². The van der Waals surface area contributed by atoms with E-state index >= 15 is 0 Å². The minimum Gasteiger partial charge on any atom is -0.482 e. The zero-order valence-corrected chi connectivity index (χ0v) is 13.2.